The van der Waals surface area contributed by atoms with Crippen LogP contribution in [0, 0.1) is 6.92 Å². The van der Waals surface area contributed by atoms with Gasteiger partial charge in [0.25, 0.3) is 0 Å². The summed E-state index contributed by atoms with van der Waals surface area (Å²) in [7, 11) is 0. The van der Waals surface area contributed by atoms with Crippen LogP contribution in [-0.4, -0.2) is 15.6 Å². The Hall–Kier alpha value is -0.961. The average Bonchev–Trinajstić information content (AvgIpc) is 2.24. The summed E-state index contributed by atoms with van der Waals surface area (Å²) in [4.78, 5) is 3.84. The fraction of sp³-hybridized carbons (Fsp3) is 0.333. The van der Waals surface area contributed by atoms with Gasteiger partial charge in [0.05, 0.1) is 0 Å². The SMILES string of the molecule is Cc1ncc(C[O-])c(CNNC(N)=S)c1[O-].O.[Cu+2]. The maximum Gasteiger partial charge on any atom is 2.00 e. The van der Waals surface area contributed by atoms with Gasteiger partial charge < -0.3 is 21.4 Å². The number of rotatable bonds is 4. The quantitative estimate of drug-likeness (QED) is 0.312. The van der Waals surface area contributed by atoms with Crippen LogP contribution < -0.4 is 26.8 Å². The maximum absolute atomic E-state index is 11.7. The van der Waals surface area contributed by atoms with E-state index in [-0.39, 0.29) is 40.0 Å². The van der Waals surface area contributed by atoms with Gasteiger partial charge in [-0.2, -0.15) is 0 Å². The first kappa shape index (κ1) is 19.4. The standard InChI is InChI=1S/C9H13N4O2S.Cu.H2O/c1-5-8(15)7(3-12-13-9(10)16)6(4-14)2-11-5;;/h2,12,15H,3-4H2,1H3,(H3,10,13,16);;1H2/q-1;+2;/p-1. The Morgan fingerprint density at radius 1 is 1.56 bits per heavy atom. The van der Waals surface area contributed by atoms with E-state index in [0.29, 0.717) is 16.8 Å². The molecule has 0 aliphatic carbocycles. The summed E-state index contributed by atoms with van der Waals surface area (Å²) in [6.07, 6.45) is 1.42. The molecular formula is C9H14CuN4O3S. The second kappa shape index (κ2) is 9.03. The fourth-order valence-electron chi connectivity index (χ4n) is 1.21. The predicted octanol–water partition coefficient (Wildman–Crippen LogP) is -2.67. The minimum Gasteiger partial charge on any atom is -0.871 e. The van der Waals surface area contributed by atoms with Gasteiger partial charge in [-0.05, 0) is 30.3 Å². The molecule has 0 fully saturated rings. The summed E-state index contributed by atoms with van der Waals surface area (Å²) < 4.78 is 0. The molecule has 1 heterocycles. The van der Waals surface area contributed by atoms with Crippen LogP contribution in [0.5, 0.6) is 5.75 Å². The number of nitrogens with zero attached hydrogens (tertiary/aromatic N) is 1. The number of nitrogens with two attached hydrogens (primary N) is 1. The first-order valence-electron chi connectivity index (χ1n) is 4.57. The number of hydrogen-bond donors (Lipinski definition) is 3. The molecule has 7 nitrogen and oxygen atoms in total. The van der Waals surface area contributed by atoms with Crippen molar-refractivity contribution >= 4 is 17.3 Å². The molecule has 0 spiro atoms. The summed E-state index contributed by atoms with van der Waals surface area (Å²) in [5.74, 6) is -0.231. The van der Waals surface area contributed by atoms with E-state index in [9.17, 15) is 10.2 Å². The molecule has 0 atom stereocenters. The van der Waals surface area contributed by atoms with Crippen molar-refractivity contribution in [1.29, 1.82) is 0 Å². The van der Waals surface area contributed by atoms with Crippen LogP contribution in [0.1, 0.15) is 16.8 Å². The Balaban J connectivity index is 0. The van der Waals surface area contributed by atoms with Crippen LogP contribution in [0.25, 0.3) is 0 Å². The zero-order valence-electron chi connectivity index (χ0n) is 9.54. The monoisotopic (exact) mass is 321 g/mol. The van der Waals surface area contributed by atoms with E-state index in [1.807, 2.05) is 0 Å². The molecule has 0 bridgehead atoms. The molecule has 0 unspecified atom stereocenters. The number of aryl methyl sites for hydroxylation is 1. The first-order valence-corrected chi connectivity index (χ1v) is 4.97. The van der Waals surface area contributed by atoms with Gasteiger partial charge in [-0.15, -0.1) is 6.61 Å². The van der Waals surface area contributed by atoms with Gasteiger partial charge in [0.15, 0.2) is 5.11 Å². The molecule has 1 radical (unpaired) electrons. The number of hydrogen-bond acceptors (Lipinski definition) is 5. The molecule has 6 N–H and O–H groups in total. The van der Waals surface area contributed by atoms with Gasteiger partial charge in [-0.3, -0.25) is 10.4 Å². The van der Waals surface area contributed by atoms with E-state index < -0.39 is 6.61 Å². The molecule has 1 aromatic rings. The topological polar surface area (TPSA) is 141 Å². The summed E-state index contributed by atoms with van der Waals surface area (Å²) in [5.41, 5.74) is 11.5. The van der Waals surface area contributed by atoms with E-state index >= 15 is 0 Å². The molecule has 0 aromatic carbocycles. The predicted molar refractivity (Wildman–Crippen MR) is 62.5 cm³/mol. The van der Waals surface area contributed by atoms with Gasteiger partial charge in [0, 0.05) is 18.4 Å². The normalized spacial score (nSPS) is 9.00. The summed E-state index contributed by atoms with van der Waals surface area (Å²) in [6.45, 7) is 1.30. The molecule has 18 heavy (non-hydrogen) atoms. The van der Waals surface area contributed by atoms with Crippen molar-refractivity contribution in [2.24, 2.45) is 5.73 Å². The number of hydrazine groups is 1. The Morgan fingerprint density at radius 3 is 2.67 bits per heavy atom. The van der Waals surface area contributed by atoms with Crippen LogP contribution in [0.15, 0.2) is 6.20 Å². The Kier molecular flexibility index (Phi) is 9.73. The van der Waals surface area contributed by atoms with Gasteiger partial charge in [0.2, 0.25) is 0 Å². The van der Waals surface area contributed by atoms with Crippen LogP contribution in [0.4, 0.5) is 0 Å². The van der Waals surface area contributed by atoms with Gasteiger partial charge in [0.1, 0.15) is 0 Å². The van der Waals surface area contributed by atoms with Crippen LogP contribution >= 0.6 is 12.2 Å². The van der Waals surface area contributed by atoms with Crippen LogP contribution in [-0.2, 0) is 30.2 Å². The van der Waals surface area contributed by atoms with Crippen LogP contribution in [0.3, 0.4) is 0 Å². The number of thiocarbonyl (C=S) groups is 1. The van der Waals surface area contributed by atoms with Crippen molar-refractivity contribution in [3.8, 4) is 5.75 Å². The largest absolute Gasteiger partial charge is 2.00 e. The van der Waals surface area contributed by atoms with Crippen LogP contribution in [0.2, 0.25) is 0 Å². The zero-order chi connectivity index (χ0) is 12.1. The summed E-state index contributed by atoms with van der Waals surface area (Å²) in [5, 5.41) is 22.6. The van der Waals surface area contributed by atoms with E-state index in [1.54, 1.807) is 6.92 Å². The molecule has 0 aliphatic rings. The molecule has 0 saturated carbocycles. The summed E-state index contributed by atoms with van der Waals surface area (Å²) in [6, 6.07) is 0. The summed E-state index contributed by atoms with van der Waals surface area (Å²) >= 11 is 4.58. The number of pyridine rings is 1. The van der Waals surface area contributed by atoms with E-state index in [0.717, 1.165) is 0 Å². The fourth-order valence-corrected chi connectivity index (χ4v) is 1.29. The Morgan fingerprint density at radius 2 is 2.17 bits per heavy atom. The number of aromatic nitrogens is 1. The number of nitrogens with one attached hydrogen (secondary N) is 2. The molecule has 0 amide bonds. The van der Waals surface area contributed by atoms with Gasteiger partial charge in [-0.1, -0.05) is 5.75 Å². The van der Waals surface area contributed by atoms with Gasteiger partial charge >= 0.3 is 17.1 Å². The van der Waals surface area contributed by atoms with Crippen molar-refractivity contribution in [3.63, 3.8) is 0 Å². The molecule has 1 rings (SSSR count). The zero-order valence-corrected chi connectivity index (χ0v) is 11.3. The third-order valence-electron chi connectivity index (χ3n) is 2.04. The third-order valence-corrected chi connectivity index (χ3v) is 2.14. The first-order chi connectivity index (χ1) is 7.56. The molecule has 1 aromatic heterocycles. The van der Waals surface area contributed by atoms with E-state index in [2.05, 4.69) is 28.1 Å². The smallest absolute Gasteiger partial charge is 0.871 e. The van der Waals surface area contributed by atoms with Crippen molar-refractivity contribution in [2.45, 2.75) is 20.1 Å². The van der Waals surface area contributed by atoms with Crippen molar-refractivity contribution in [2.75, 3.05) is 0 Å². The second-order valence-corrected chi connectivity index (χ2v) is 3.60. The van der Waals surface area contributed by atoms with Crippen molar-refractivity contribution < 1.29 is 32.8 Å². The minimum absolute atomic E-state index is 0. The molecule has 9 heteroatoms. The van der Waals surface area contributed by atoms with Gasteiger partial charge in [-0.25, -0.2) is 5.43 Å². The Bertz CT molecular complexity index is 406. The molecule has 0 aliphatic heterocycles. The minimum atomic E-state index is -0.480. The molecule has 105 valence electrons. The molecule has 0 saturated heterocycles. The average molecular weight is 322 g/mol. The van der Waals surface area contributed by atoms with E-state index in [4.69, 9.17) is 5.73 Å². The van der Waals surface area contributed by atoms with Crippen molar-refractivity contribution in [1.82, 2.24) is 15.8 Å². The maximum atomic E-state index is 11.7. The second-order valence-electron chi connectivity index (χ2n) is 3.16. The van der Waals surface area contributed by atoms with Crippen molar-refractivity contribution in [3.05, 3.63) is 23.0 Å². The third kappa shape index (κ3) is 5.13. The molecular weight excluding hydrogens is 308 g/mol. The van der Waals surface area contributed by atoms with E-state index in [1.165, 1.54) is 6.20 Å². The Labute approximate surface area is 121 Å².